The molecule has 40 heavy (non-hydrogen) atoms. The molecule has 6 rings (SSSR count). The number of aromatic nitrogens is 2. The standard InChI is InChI=1S/C29H35N7O4/c1-3-39-24-16-19(4-7-23(24)36-13-11-35(12-14-36)20-5-6-20)33-28(38)25-21(8-9-31-27(25)37)34-22-17-32-29-26(18(22)2)30-10-15-40-29/h4,7-9,16-17,20,30H,3,5-6,10-15H2,1-2H3,(H,33,38)(H2,31,34,37). The van der Waals surface area contributed by atoms with Crippen LogP contribution < -0.4 is 35.9 Å². The van der Waals surface area contributed by atoms with E-state index in [1.165, 1.54) is 19.0 Å². The van der Waals surface area contributed by atoms with Gasteiger partial charge in [0, 0.05) is 62.3 Å². The van der Waals surface area contributed by atoms with Crippen LogP contribution in [0.4, 0.5) is 28.4 Å². The van der Waals surface area contributed by atoms with E-state index in [-0.39, 0.29) is 5.56 Å². The lowest BCUT2D eigenvalue weighted by Gasteiger charge is -2.37. The Morgan fingerprint density at radius 2 is 2.00 bits per heavy atom. The van der Waals surface area contributed by atoms with E-state index >= 15 is 0 Å². The number of anilines is 5. The number of benzene rings is 1. The summed E-state index contributed by atoms with van der Waals surface area (Å²) >= 11 is 0. The molecule has 0 bridgehead atoms. The maximum absolute atomic E-state index is 13.4. The van der Waals surface area contributed by atoms with E-state index in [1.807, 2.05) is 32.0 Å². The van der Waals surface area contributed by atoms with Crippen LogP contribution >= 0.6 is 0 Å². The van der Waals surface area contributed by atoms with E-state index in [9.17, 15) is 9.59 Å². The van der Waals surface area contributed by atoms with Gasteiger partial charge in [-0.05, 0) is 44.9 Å². The second-order valence-electron chi connectivity index (χ2n) is 10.3. The first kappa shape index (κ1) is 26.0. The maximum Gasteiger partial charge on any atom is 0.263 e. The minimum Gasteiger partial charge on any atom is -0.492 e. The van der Waals surface area contributed by atoms with Crippen molar-refractivity contribution >= 4 is 34.3 Å². The summed E-state index contributed by atoms with van der Waals surface area (Å²) in [5, 5.41) is 9.42. The Labute approximate surface area is 232 Å². The lowest BCUT2D eigenvalue weighted by molar-refractivity contribution is 0.102. The van der Waals surface area contributed by atoms with Gasteiger partial charge in [-0.2, -0.15) is 0 Å². The second-order valence-corrected chi connectivity index (χ2v) is 10.3. The quantitative estimate of drug-likeness (QED) is 0.336. The first-order chi connectivity index (χ1) is 19.5. The average Bonchev–Trinajstić information content (AvgIpc) is 3.81. The Kier molecular flexibility index (Phi) is 7.21. The molecule has 3 aromatic rings. The average molecular weight is 546 g/mol. The van der Waals surface area contributed by atoms with E-state index < -0.39 is 11.5 Å². The highest BCUT2D eigenvalue weighted by Crippen LogP contribution is 2.36. The Balaban J connectivity index is 1.22. The van der Waals surface area contributed by atoms with Gasteiger partial charge in [0.25, 0.3) is 11.5 Å². The van der Waals surface area contributed by atoms with E-state index in [0.717, 1.165) is 49.2 Å². The number of hydrogen-bond donors (Lipinski definition) is 4. The van der Waals surface area contributed by atoms with Crippen LogP contribution in [0.15, 0.2) is 41.5 Å². The summed E-state index contributed by atoms with van der Waals surface area (Å²) in [5.74, 6) is 0.727. The SMILES string of the molecule is CCOc1cc(NC(=O)c2c(Nc3cnc4c(c3C)NCCO4)cc[nH]c2=O)ccc1N1CCN(C2CC2)CC1. The molecular formula is C29H35N7O4. The summed E-state index contributed by atoms with van der Waals surface area (Å²) in [6.45, 7) is 9.58. The molecule has 4 N–H and O–H groups in total. The van der Waals surface area contributed by atoms with Gasteiger partial charge < -0.3 is 35.3 Å². The summed E-state index contributed by atoms with van der Waals surface area (Å²) in [7, 11) is 0. The molecule has 3 aliphatic rings. The van der Waals surface area contributed by atoms with Gasteiger partial charge in [-0.1, -0.05) is 0 Å². The highest BCUT2D eigenvalue weighted by Gasteiger charge is 2.32. The number of ether oxygens (including phenoxy) is 2. The minimum absolute atomic E-state index is 0.0259. The Hall–Kier alpha value is -4.25. The molecule has 1 saturated carbocycles. The third-order valence-electron chi connectivity index (χ3n) is 7.64. The first-order valence-corrected chi connectivity index (χ1v) is 13.9. The molecule has 0 radical (unpaired) electrons. The second kappa shape index (κ2) is 11.1. The van der Waals surface area contributed by atoms with Crippen molar-refractivity contribution in [1.29, 1.82) is 0 Å². The van der Waals surface area contributed by atoms with Gasteiger partial charge in [0.2, 0.25) is 5.88 Å². The van der Waals surface area contributed by atoms with Gasteiger partial charge in [0.1, 0.15) is 23.6 Å². The molecule has 0 spiro atoms. The van der Waals surface area contributed by atoms with E-state index in [1.54, 1.807) is 12.3 Å². The predicted octanol–water partition coefficient (Wildman–Crippen LogP) is 3.56. The third kappa shape index (κ3) is 5.29. The van der Waals surface area contributed by atoms with Crippen LogP contribution in [0.5, 0.6) is 11.6 Å². The van der Waals surface area contributed by atoms with Crippen LogP contribution in [0.3, 0.4) is 0 Å². The number of nitrogens with one attached hydrogen (secondary N) is 4. The summed E-state index contributed by atoms with van der Waals surface area (Å²) in [6, 6.07) is 8.10. The fourth-order valence-corrected chi connectivity index (χ4v) is 5.39. The number of fused-ring (bicyclic) bond motifs is 1. The molecular weight excluding hydrogens is 510 g/mol. The van der Waals surface area contributed by atoms with Crippen molar-refractivity contribution in [2.75, 3.05) is 66.8 Å². The molecule has 2 fully saturated rings. The van der Waals surface area contributed by atoms with Crippen molar-refractivity contribution in [1.82, 2.24) is 14.9 Å². The molecule has 0 unspecified atom stereocenters. The zero-order valence-electron chi connectivity index (χ0n) is 22.9. The molecule has 1 aliphatic carbocycles. The van der Waals surface area contributed by atoms with E-state index in [0.29, 0.717) is 48.5 Å². The molecule has 210 valence electrons. The smallest absolute Gasteiger partial charge is 0.263 e. The van der Waals surface area contributed by atoms with Crippen molar-refractivity contribution in [2.24, 2.45) is 0 Å². The van der Waals surface area contributed by atoms with Crippen LogP contribution in [-0.4, -0.2) is 72.8 Å². The number of pyridine rings is 2. The fraction of sp³-hybridized carbons (Fsp3) is 0.414. The number of amides is 1. The van der Waals surface area contributed by atoms with Gasteiger partial charge >= 0.3 is 0 Å². The lowest BCUT2D eigenvalue weighted by Crippen LogP contribution is -2.47. The lowest BCUT2D eigenvalue weighted by atomic mass is 10.1. The zero-order chi connectivity index (χ0) is 27.6. The number of piperazine rings is 1. The summed E-state index contributed by atoms with van der Waals surface area (Å²) in [6.07, 6.45) is 5.78. The summed E-state index contributed by atoms with van der Waals surface area (Å²) in [5.41, 5.74) is 3.76. The zero-order valence-corrected chi connectivity index (χ0v) is 22.9. The molecule has 1 aromatic carbocycles. The highest BCUT2D eigenvalue weighted by molar-refractivity contribution is 6.08. The van der Waals surface area contributed by atoms with Crippen LogP contribution in [0.2, 0.25) is 0 Å². The van der Waals surface area contributed by atoms with Gasteiger partial charge in [0.15, 0.2) is 0 Å². The number of H-pyrrole nitrogens is 1. The predicted molar refractivity (Wildman–Crippen MR) is 156 cm³/mol. The number of aromatic amines is 1. The molecule has 0 atom stereocenters. The van der Waals surface area contributed by atoms with E-state index in [2.05, 4.69) is 35.7 Å². The molecule has 4 heterocycles. The Morgan fingerprint density at radius 3 is 2.77 bits per heavy atom. The number of nitrogens with zero attached hydrogens (tertiary/aromatic N) is 3. The van der Waals surface area contributed by atoms with Gasteiger partial charge in [-0.15, -0.1) is 0 Å². The summed E-state index contributed by atoms with van der Waals surface area (Å²) in [4.78, 5) is 38.2. The third-order valence-corrected chi connectivity index (χ3v) is 7.64. The largest absolute Gasteiger partial charge is 0.492 e. The number of carbonyl (C=O) groups excluding carboxylic acids is 1. The number of rotatable bonds is 8. The first-order valence-electron chi connectivity index (χ1n) is 13.9. The molecule has 1 saturated heterocycles. The summed E-state index contributed by atoms with van der Waals surface area (Å²) < 4.78 is 11.6. The maximum atomic E-state index is 13.4. The number of hydrogen-bond acceptors (Lipinski definition) is 9. The van der Waals surface area contributed by atoms with Gasteiger partial charge in [0.05, 0.1) is 29.9 Å². The molecule has 11 nitrogen and oxygen atoms in total. The molecule has 1 amide bonds. The molecule has 2 aromatic heterocycles. The van der Waals surface area contributed by atoms with Crippen molar-refractivity contribution in [3.8, 4) is 11.6 Å². The van der Waals surface area contributed by atoms with Crippen LogP contribution in [0.1, 0.15) is 35.7 Å². The monoisotopic (exact) mass is 545 g/mol. The molecule has 11 heteroatoms. The van der Waals surface area contributed by atoms with Crippen molar-refractivity contribution in [3.05, 3.63) is 58.1 Å². The molecule has 2 aliphatic heterocycles. The van der Waals surface area contributed by atoms with Crippen molar-refractivity contribution in [2.45, 2.75) is 32.7 Å². The normalized spacial score (nSPS) is 16.9. The Morgan fingerprint density at radius 1 is 1.18 bits per heavy atom. The highest BCUT2D eigenvalue weighted by atomic mass is 16.5. The van der Waals surface area contributed by atoms with Crippen LogP contribution in [0.25, 0.3) is 0 Å². The number of carbonyl (C=O) groups is 1. The van der Waals surface area contributed by atoms with Crippen molar-refractivity contribution in [3.63, 3.8) is 0 Å². The van der Waals surface area contributed by atoms with Crippen LogP contribution in [0, 0.1) is 6.92 Å². The topological polar surface area (TPSA) is 124 Å². The van der Waals surface area contributed by atoms with E-state index in [4.69, 9.17) is 9.47 Å². The van der Waals surface area contributed by atoms with Gasteiger partial charge in [-0.25, -0.2) is 4.98 Å². The Bertz CT molecular complexity index is 1460. The van der Waals surface area contributed by atoms with Crippen LogP contribution in [-0.2, 0) is 0 Å². The van der Waals surface area contributed by atoms with Gasteiger partial charge in [-0.3, -0.25) is 14.5 Å². The van der Waals surface area contributed by atoms with Crippen molar-refractivity contribution < 1.29 is 14.3 Å². The minimum atomic E-state index is -0.525. The fourth-order valence-electron chi connectivity index (χ4n) is 5.39.